The summed E-state index contributed by atoms with van der Waals surface area (Å²) in [6.07, 6.45) is 0. The lowest BCUT2D eigenvalue weighted by Crippen LogP contribution is -2.34. The van der Waals surface area contributed by atoms with Crippen LogP contribution in [-0.4, -0.2) is 49.3 Å². The molecule has 0 heterocycles. The van der Waals surface area contributed by atoms with Crippen LogP contribution >= 0.6 is 0 Å². The molecule has 0 atom stereocenters. The van der Waals surface area contributed by atoms with Crippen LogP contribution in [-0.2, 0) is 4.74 Å². The minimum atomic E-state index is -0.495. The summed E-state index contributed by atoms with van der Waals surface area (Å²) in [6, 6.07) is 3.85. The van der Waals surface area contributed by atoms with Gasteiger partial charge in [-0.1, -0.05) is 11.8 Å². The van der Waals surface area contributed by atoms with E-state index < -0.39 is 5.82 Å². The van der Waals surface area contributed by atoms with E-state index in [1.165, 1.54) is 18.2 Å². The maximum Gasteiger partial charge on any atom is 0.255 e. The molecule has 1 rings (SSSR count). The van der Waals surface area contributed by atoms with Gasteiger partial charge in [0.25, 0.3) is 5.91 Å². The normalized spacial score (nSPS) is 9.80. The van der Waals surface area contributed by atoms with Gasteiger partial charge in [0.1, 0.15) is 12.4 Å². The van der Waals surface area contributed by atoms with E-state index >= 15 is 0 Å². The second-order valence-corrected chi connectivity index (χ2v) is 4.03. The van der Waals surface area contributed by atoms with E-state index in [1.54, 1.807) is 12.0 Å². The Morgan fingerprint density at radius 3 is 2.85 bits per heavy atom. The van der Waals surface area contributed by atoms with Gasteiger partial charge in [0.15, 0.2) is 0 Å². The Balaban J connectivity index is 3.08. The molecule has 20 heavy (non-hydrogen) atoms. The molecule has 1 N–H and O–H groups in total. The molecule has 1 aromatic carbocycles. The fourth-order valence-corrected chi connectivity index (χ4v) is 1.71. The highest BCUT2D eigenvalue weighted by Crippen LogP contribution is 2.13. The molecule has 0 bridgehead atoms. The molecule has 0 aliphatic heterocycles. The number of halogens is 1. The predicted octanol–water partition coefficient (Wildman–Crippen LogP) is 1.28. The van der Waals surface area contributed by atoms with Crippen LogP contribution in [0.4, 0.5) is 4.39 Å². The lowest BCUT2D eigenvalue weighted by atomic mass is 10.1. The number of hydrogen-bond donors (Lipinski definition) is 1. The Labute approximate surface area is 118 Å². The van der Waals surface area contributed by atoms with Crippen LogP contribution < -0.4 is 0 Å². The number of carbonyl (C=O) groups excluding carboxylic acids is 1. The Hall–Kier alpha value is -1.90. The van der Waals surface area contributed by atoms with E-state index in [-0.39, 0.29) is 18.1 Å². The highest BCUT2D eigenvalue weighted by molar-refractivity contribution is 5.96. The molecule has 0 spiro atoms. The van der Waals surface area contributed by atoms with Crippen molar-refractivity contribution in [2.45, 2.75) is 6.92 Å². The molecule has 4 nitrogen and oxygen atoms in total. The van der Waals surface area contributed by atoms with Gasteiger partial charge in [0, 0.05) is 25.8 Å². The fraction of sp³-hybridized carbons (Fsp3) is 0.400. The summed E-state index contributed by atoms with van der Waals surface area (Å²) in [4.78, 5) is 13.9. The van der Waals surface area contributed by atoms with Gasteiger partial charge < -0.3 is 14.7 Å². The molecule has 1 aromatic rings. The lowest BCUT2D eigenvalue weighted by Gasteiger charge is -2.21. The van der Waals surface area contributed by atoms with Crippen molar-refractivity contribution < 1.29 is 19.0 Å². The molecule has 0 saturated carbocycles. The van der Waals surface area contributed by atoms with Crippen molar-refractivity contribution in [1.29, 1.82) is 0 Å². The summed E-state index contributed by atoms with van der Waals surface area (Å²) >= 11 is 0. The zero-order valence-corrected chi connectivity index (χ0v) is 11.6. The van der Waals surface area contributed by atoms with Crippen LogP contribution in [0.3, 0.4) is 0 Å². The highest BCUT2D eigenvalue weighted by Gasteiger charge is 2.17. The van der Waals surface area contributed by atoms with Gasteiger partial charge in [-0.25, -0.2) is 4.39 Å². The summed E-state index contributed by atoms with van der Waals surface area (Å²) in [5, 5.41) is 8.72. The number of aliphatic hydroxyl groups is 1. The van der Waals surface area contributed by atoms with Gasteiger partial charge in [-0.3, -0.25) is 4.79 Å². The van der Waals surface area contributed by atoms with Gasteiger partial charge >= 0.3 is 0 Å². The van der Waals surface area contributed by atoms with Crippen molar-refractivity contribution in [3.8, 4) is 11.8 Å². The first-order chi connectivity index (χ1) is 9.63. The third kappa shape index (κ3) is 4.34. The number of rotatable bonds is 5. The van der Waals surface area contributed by atoms with Crippen LogP contribution in [0.1, 0.15) is 22.8 Å². The molecule has 0 aliphatic carbocycles. The van der Waals surface area contributed by atoms with Crippen molar-refractivity contribution in [3.05, 3.63) is 35.1 Å². The van der Waals surface area contributed by atoms with Crippen molar-refractivity contribution in [1.82, 2.24) is 4.90 Å². The number of nitrogens with zero attached hydrogens (tertiary/aromatic N) is 1. The Bertz CT molecular complexity index is 520. The van der Waals surface area contributed by atoms with E-state index in [1.807, 2.05) is 6.92 Å². The first-order valence-electron chi connectivity index (χ1n) is 6.31. The molecular weight excluding hydrogens is 261 g/mol. The third-order valence-corrected chi connectivity index (χ3v) is 2.75. The summed E-state index contributed by atoms with van der Waals surface area (Å²) < 4.78 is 18.3. The Morgan fingerprint density at radius 2 is 2.25 bits per heavy atom. The summed E-state index contributed by atoms with van der Waals surface area (Å²) in [7, 11) is 1.55. The molecular formula is C15H18FNO3. The number of ether oxygens (including phenoxy) is 1. The quantitative estimate of drug-likeness (QED) is 0.826. The average Bonchev–Trinajstić information content (AvgIpc) is 2.46. The number of amides is 1. The minimum absolute atomic E-state index is 0.198. The van der Waals surface area contributed by atoms with Gasteiger partial charge in [-0.2, -0.15) is 0 Å². The smallest absolute Gasteiger partial charge is 0.255 e. The van der Waals surface area contributed by atoms with Crippen LogP contribution in [0.15, 0.2) is 18.2 Å². The largest absolute Gasteiger partial charge is 0.384 e. The van der Waals surface area contributed by atoms with Crippen molar-refractivity contribution >= 4 is 5.91 Å². The van der Waals surface area contributed by atoms with Gasteiger partial charge in [0.05, 0.1) is 12.2 Å². The molecule has 0 aromatic heterocycles. The van der Waals surface area contributed by atoms with E-state index in [4.69, 9.17) is 9.84 Å². The van der Waals surface area contributed by atoms with Crippen molar-refractivity contribution in [2.75, 3.05) is 33.4 Å². The van der Waals surface area contributed by atoms with Crippen LogP contribution in [0.2, 0.25) is 0 Å². The van der Waals surface area contributed by atoms with Crippen LogP contribution in [0, 0.1) is 17.7 Å². The SMILES string of the molecule is CCN(CCOC)C(=O)c1cc(F)ccc1C#CCO. The number of hydrogen-bond acceptors (Lipinski definition) is 3. The second-order valence-electron chi connectivity index (χ2n) is 4.03. The number of benzene rings is 1. The topological polar surface area (TPSA) is 49.8 Å². The molecule has 0 saturated heterocycles. The van der Waals surface area contributed by atoms with E-state index in [0.29, 0.717) is 25.3 Å². The molecule has 0 radical (unpaired) electrons. The van der Waals surface area contributed by atoms with E-state index in [9.17, 15) is 9.18 Å². The first-order valence-corrected chi connectivity index (χ1v) is 6.31. The zero-order chi connectivity index (χ0) is 15.0. The molecule has 0 fully saturated rings. The maximum absolute atomic E-state index is 13.4. The molecule has 5 heteroatoms. The third-order valence-electron chi connectivity index (χ3n) is 2.75. The van der Waals surface area contributed by atoms with Gasteiger partial charge in [-0.05, 0) is 25.1 Å². The van der Waals surface area contributed by atoms with Gasteiger partial charge in [-0.15, -0.1) is 0 Å². The molecule has 1 amide bonds. The number of likely N-dealkylation sites (N-methyl/N-ethyl adjacent to an activating group) is 1. The number of methoxy groups -OCH3 is 1. The second kappa shape index (κ2) is 8.31. The van der Waals surface area contributed by atoms with Crippen LogP contribution in [0.5, 0.6) is 0 Å². The molecule has 0 aliphatic rings. The Kier molecular flexibility index (Phi) is 6.71. The zero-order valence-electron chi connectivity index (χ0n) is 11.6. The van der Waals surface area contributed by atoms with Crippen molar-refractivity contribution in [3.63, 3.8) is 0 Å². The van der Waals surface area contributed by atoms with E-state index in [0.717, 1.165) is 0 Å². The average molecular weight is 279 g/mol. The van der Waals surface area contributed by atoms with Crippen molar-refractivity contribution in [2.24, 2.45) is 0 Å². The summed E-state index contributed by atoms with van der Waals surface area (Å²) in [5.74, 6) is 4.33. The monoisotopic (exact) mass is 279 g/mol. The highest BCUT2D eigenvalue weighted by atomic mass is 19.1. The fourth-order valence-electron chi connectivity index (χ4n) is 1.71. The summed E-state index contributed by atoms with van der Waals surface area (Å²) in [6.45, 7) is 2.85. The number of aliphatic hydroxyl groups excluding tert-OH is 1. The molecule has 108 valence electrons. The van der Waals surface area contributed by atoms with E-state index in [2.05, 4.69) is 11.8 Å². The number of carbonyl (C=O) groups is 1. The van der Waals surface area contributed by atoms with Gasteiger partial charge in [0.2, 0.25) is 0 Å². The summed E-state index contributed by atoms with van der Waals surface area (Å²) in [5.41, 5.74) is 0.602. The minimum Gasteiger partial charge on any atom is -0.384 e. The predicted molar refractivity (Wildman–Crippen MR) is 73.8 cm³/mol. The standard InChI is InChI=1S/C15H18FNO3/c1-3-17(8-10-20-2)15(19)14-11-13(16)7-6-12(14)5-4-9-18/h6-7,11,18H,3,8-10H2,1-2H3. The molecule has 0 unspecified atom stereocenters. The first kappa shape index (κ1) is 16.2. The maximum atomic E-state index is 13.4. The Morgan fingerprint density at radius 1 is 1.50 bits per heavy atom. The van der Waals surface area contributed by atoms with Crippen LogP contribution in [0.25, 0.3) is 0 Å². The lowest BCUT2D eigenvalue weighted by molar-refractivity contribution is 0.0705.